The number of nitrogens with one attached hydrogen (secondary N) is 2. The molecule has 8 heteroatoms. The minimum atomic E-state index is -0.209. The van der Waals surface area contributed by atoms with E-state index < -0.39 is 0 Å². The first-order valence-corrected chi connectivity index (χ1v) is 7.96. The lowest BCUT2D eigenvalue weighted by Crippen LogP contribution is -2.03. The maximum atomic E-state index is 12.3. The average Bonchev–Trinajstić information content (AvgIpc) is 2.98. The molecule has 4 aromatic rings. The fraction of sp³-hybridized carbons (Fsp3) is 0.111. The third-order valence-corrected chi connectivity index (χ3v) is 3.92. The summed E-state index contributed by atoms with van der Waals surface area (Å²) in [4.78, 5) is 24.9. The molecule has 130 valence electrons. The largest absolute Gasteiger partial charge is 0.497 e. The van der Waals surface area contributed by atoms with Crippen LogP contribution in [0, 0.1) is 6.92 Å². The zero-order chi connectivity index (χ0) is 18.1. The summed E-state index contributed by atoms with van der Waals surface area (Å²) in [5.74, 6) is 2.57. The number of aromatic amines is 1. The van der Waals surface area contributed by atoms with Crippen molar-refractivity contribution in [3.05, 3.63) is 65.0 Å². The molecule has 0 saturated carbocycles. The maximum absolute atomic E-state index is 12.3. The highest BCUT2D eigenvalue weighted by atomic mass is 16.5. The van der Waals surface area contributed by atoms with Gasteiger partial charge in [-0.05, 0) is 25.1 Å². The Kier molecular flexibility index (Phi) is 3.85. The van der Waals surface area contributed by atoms with Gasteiger partial charge in [-0.1, -0.05) is 6.07 Å². The van der Waals surface area contributed by atoms with E-state index in [0.29, 0.717) is 34.1 Å². The molecule has 0 fully saturated rings. The fourth-order valence-electron chi connectivity index (χ4n) is 2.71. The Bertz CT molecular complexity index is 1150. The fourth-order valence-corrected chi connectivity index (χ4v) is 2.71. The van der Waals surface area contributed by atoms with E-state index in [4.69, 9.17) is 4.74 Å². The van der Waals surface area contributed by atoms with Crippen LogP contribution in [0.2, 0.25) is 0 Å². The van der Waals surface area contributed by atoms with Gasteiger partial charge in [0.25, 0.3) is 5.56 Å². The SMILES string of the molecule is COc1cccc(-n2[nH]c(=O)c3cnc(Nc4ccnc(C)n4)cc32)c1. The highest BCUT2D eigenvalue weighted by Gasteiger charge is 2.11. The molecule has 0 aliphatic rings. The molecule has 0 bridgehead atoms. The number of H-pyrrole nitrogens is 1. The smallest absolute Gasteiger partial charge is 0.273 e. The Balaban J connectivity index is 1.80. The Morgan fingerprint density at radius 3 is 2.85 bits per heavy atom. The number of ether oxygens (including phenoxy) is 1. The Morgan fingerprint density at radius 2 is 2.04 bits per heavy atom. The second-order valence-corrected chi connectivity index (χ2v) is 5.68. The highest BCUT2D eigenvalue weighted by Crippen LogP contribution is 2.22. The van der Waals surface area contributed by atoms with Gasteiger partial charge in [0.2, 0.25) is 0 Å². The lowest BCUT2D eigenvalue weighted by atomic mass is 10.2. The number of methoxy groups -OCH3 is 1. The van der Waals surface area contributed by atoms with Crippen LogP contribution in [0.4, 0.5) is 11.6 Å². The predicted molar refractivity (Wildman–Crippen MR) is 98.3 cm³/mol. The topological polar surface area (TPSA) is 97.7 Å². The number of pyridine rings is 1. The number of anilines is 2. The number of fused-ring (bicyclic) bond motifs is 1. The van der Waals surface area contributed by atoms with Gasteiger partial charge < -0.3 is 10.1 Å². The molecule has 0 spiro atoms. The zero-order valence-electron chi connectivity index (χ0n) is 14.2. The first-order chi connectivity index (χ1) is 12.6. The maximum Gasteiger partial charge on any atom is 0.273 e. The number of aromatic nitrogens is 5. The van der Waals surface area contributed by atoms with Crippen LogP contribution in [0.25, 0.3) is 16.6 Å². The van der Waals surface area contributed by atoms with Crippen LogP contribution in [-0.2, 0) is 0 Å². The first-order valence-electron chi connectivity index (χ1n) is 7.96. The molecule has 1 aromatic carbocycles. The predicted octanol–water partition coefficient (Wildman–Crippen LogP) is 2.56. The second-order valence-electron chi connectivity index (χ2n) is 5.68. The summed E-state index contributed by atoms with van der Waals surface area (Å²) in [6, 6.07) is 11.0. The second kappa shape index (κ2) is 6.32. The molecule has 3 heterocycles. The lowest BCUT2D eigenvalue weighted by Gasteiger charge is -2.08. The number of hydrogen-bond donors (Lipinski definition) is 2. The van der Waals surface area contributed by atoms with Crippen LogP contribution in [0.3, 0.4) is 0 Å². The molecular formula is C18H16N6O2. The first kappa shape index (κ1) is 15.8. The molecule has 3 aromatic heterocycles. The normalized spacial score (nSPS) is 10.8. The number of nitrogens with zero attached hydrogens (tertiary/aromatic N) is 4. The summed E-state index contributed by atoms with van der Waals surface area (Å²) in [5, 5.41) is 6.46. The number of hydrogen-bond acceptors (Lipinski definition) is 6. The van der Waals surface area contributed by atoms with Gasteiger partial charge in [-0.3, -0.25) is 14.6 Å². The van der Waals surface area contributed by atoms with Crippen LogP contribution in [0.1, 0.15) is 5.82 Å². The third kappa shape index (κ3) is 2.88. The molecule has 8 nitrogen and oxygen atoms in total. The number of rotatable bonds is 4. The van der Waals surface area contributed by atoms with Crippen molar-refractivity contribution in [1.82, 2.24) is 24.7 Å². The van der Waals surface area contributed by atoms with Crippen LogP contribution in [0.15, 0.2) is 53.6 Å². The molecule has 4 rings (SSSR count). The van der Waals surface area contributed by atoms with Crippen LogP contribution in [-0.4, -0.2) is 31.8 Å². The highest BCUT2D eigenvalue weighted by molar-refractivity contribution is 5.82. The molecule has 0 aliphatic carbocycles. The molecular weight excluding hydrogens is 332 g/mol. The van der Waals surface area contributed by atoms with Gasteiger partial charge >= 0.3 is 0 Å². The Morgan fingerprint density at radius 1 is 1.15 bits per heavy atom. The summed E-state index contributed by atoms with van der Waals surface area (Å²) in [5.41, 5.74) is 1.28. The van der Waals surface area contributed by atoms with E-state index in [1.165, 1.54) is 0 Å². The molecule has 0 radical (unpaired) electrons. The van der Waals surface area contributed by atoms with Crippen molar-refractivity contribution in [2.24, 2.45) is 0 Å². The van der Waals surface area contributed by atoms with Crippen molar-refractivity contribution in [3.8, 4) is 11.4 Å². The molecule has 0 amide bonds. The van der Waals surface area contributed by atoms with E-state index in [-0.39, 0.29) is 5.56 Å². The van der Waals surface area contributed by atoms with E-state index in [1.807, 2.05) is 31.2 Å². The van der Waals surface area contributed by atoms with Gasteiger partial charge in [-0.15, -0.1) is 0 Å². The quantitative estimate of drug-likeness (QED) is 0.588. The van der Waals surface area contributed by atoms with Crippen molar-refractivity contribution in [1.29, 1.82) is 0 Å². The molecule has 0 aliphatic heterocycles. The van der Waals surface area contributed by atoms with Crippen molar-refractivity contribution in [3.63, 3.8) is 0 Å². The van der Waals surface area contributed by atoms with Crippen molar-refractivity contribution < 1.29 is 4.74 Å². The van der Waals surface area contributed by atoms with Gasteiger partial charge in [0.05, 0.1) is 23.7 Å². The molecule has 26 heavy (non-hydrogen) atoms. The molecule has 0 saturated heterocycles. The van der Waals surface area contributed by atoms with Gasteiger partial charge in [0.15, 0.2) is 0 Å². The summed E-state index contributed by atoms with van der Waals surface area (Å²) in [7, 11) is 1.60. The zero-order valence-corrected chi connectivity index (χ0v) is 14.2. The molecule has 2 N–H and O–H groups in total. The Hall–Kier alpha value is -3.68. The van der Waals surface area contributed by atoms with E-state index in [0.717, 1.165) is 5.69 Å². The standard InChI is InChI=1S/C18H16N6O2/c1-11-19-7-6-16(21-11)22-17-9-15-14(10-20-17)18(25)23-24(15)12-4-3-5-13(8-12)26-2/h3-10H,1-2H3,(H,23,25)(H,19,20,21,22). The summed E-state index contributed by atoms with van der Waals surface area (Å²) < 4.78 is 6.97. The third-order valence-electron chi connectivity index (χ3n) is 3.92. The van der Waals surface area contributed by atoms with Gasteiger partial charge in [-0.2, -0.15) is 0 Å². The lowest BCUT2D eigenvalue weighted by molar-refractivity contribution is 0.414. The minimum Gasteiger partial charge on any atom is -0.497 e. The average molecular weight is 348 g/mol. The number of aryl methyl sites for hydroxylation is 1. The summed E-state index contributed by atoms with van der Waals surface area (Å²) in [6.45, 7) is 1.81. The Labute approximate surface area is 148 Å². The summed E-state index contributed by atoms with van der Waals surface area (Å²) in [6.07, 6.45) is 3.22. The van der Waals surface area contributed by atoms with Gasteiger partial charge in [-0.25, -0.2) is 15.0 Å². The van der Waals surface area contributed by atoms with Gasteiger partial charge in [0, 0.05) is 24.5 Å². The van der Waals surface area contributed by atoms with E-state index in [2.05, 4.69) is 25.4 Å². The van der Waals surface area contributed by atoms with Crippen LogP contribution < -0.4 is 15.6 Å². The van der Waals surface area contributed by atoms with Crippen LogP contribution in [0.5, 0.6) is 5.75 Å². The van der Waals surface area contributed by atoms with E-state index in [1.54, 1.807) is 36.3 Å². The molecule has 0 atom stereocenters. The van der Waals surface area contributed by atoms with Crippen molar-refractivity contribution >= 4 is 22.5 Å². The summed E-state index contributed by atoms with van der Waals surface area (Å²) >= 11 is 0. The van der Waals surface area contributed by atoms with Gasteiger partial charge in [0.1, 0.15) is 23.2 Å². The van der Waals surface area contributed by atoms with Crippen LogP contribution >= 0.6 is 0 Å². The van der Waals surface area contributed by atoms with E-state index in [9.17, 15) is 4.79 Å². The number of benzene rings is 1. The van der Waals surface area contributed by atoms with Crippen molar-refractivity contribution in [2.45, 2.75) is 6.92 Å². The van der Waals surface area contributed by atoms with E-state index >= 15 is 0 Å². The molecule has 0 unspecified atom stereocenters. The minimum absolute atomic E-state index is 0.209. The monoisotopic (exact) mass is 348 g/mol. The van der Waals surface area contributed by atoms with Crippen molar-refractivity contribution in [2.75, 3.05) is 12.4 Å².